The normalized spacial score (nSPS) is 11.4. The largest absolute Gasteiger partial charge is 0.336 e. The van der Waals surface area contributed by atoms with Gasteiger partial charge in [-0.3, -0.25) is 0 Å². The Hall–Kier alpha value is -1.93. The molecular formula is C19H18Cl3N3O3S. The lowest BCUT2D eigenvalue weighted by Gasteiger charge is -2.18. The summed E-state index contributed by atoms with van der Waals surface area (Å²) < 4.78 is 2.11. The second-order valence-corrected chi connectivity index (χ2v) is 8.62. The van der Waals surface area contributed by atoms with Gasteiger partial charge in [-0.1, -0.05) is 40.9 Å². The first-order chi connectivity index (χ1) is 13.8. The zero-order valence-electron chi connectivity index (χ0n) is 15.1. The number of benzene rings is 2. The molecule has 0 amide bonds. The molecule has 3 aromatic rings. The summed E-state index contributed by atoms with van der Waals surface area (Å²) in [6.07, 6.45) is 7.54. The van der Waals surface area contributed by atoms with E-state index < -0.39 is 5.09 Å². The number of hydrogen-bond acceptors (Lipinski definition) is 4. The molecule has 0 bridgehead atoms. The minimum Gasteiger partial charge on any atom is -0.336 e. The summed E-state index contributed by atoms with van der Waals surface area (Å²) in [5.74, 6) is 0. The van der Waals surface area contributed by atoms with Gasteiger partial charge < -0.3 is 9.77 Å². The first-order valence-electron chi connectivity index (χ1n) is 8.48. The highest BCUT2D eigenvalue weighted by molar-refractivity contribution is 8.00. The van der Waals surface area contributed by atoms with Gasteiger partial charge in [0.05, 0.1) is 6.33 Å². The van der Waals surface area contributed by atoms with Crippen molar-refractivity contribution in [1.29, 1.82) is 0 Å². The third-order valence-corrected chi connectivity index (χ3v) is 5.94. The molecule has 0 radical (unpaired) electrons. The maximum absolute atomic E-state index is 8.36. The molecule has 0 fully saturated rings. The van der Waals surface area contributed by atoms with Crippen molar-refractivity contribution in [3.05, 3.63) is 91.9 Å². The van der Waals surface area contributed by atoms with Gasteiger partial charge in [0.2, 0.25) is 0 Å². The Balaban J connectivity index is 0.000000687. The maximum Gasteiger partial charge on any atom is 0.291 e. The van der Waals surface area contributed by atoms with Crippen LogP contribution in [0.25, 0.3) is 0 Å². The molecule has 1 heterocycles. The Morgan fingerprint density at radius 2 is 1.79 bits per heavy atom. The minimum absolute atomic E-state index is 0.391. The smallest absolute Gasteiger partial charge is 0.291 e. The molecule has 0 aliphatic rings. The molecular weight excluding hydrogens is 457 g/mol. The Labute approximate surface area is 187 Å². The average molecular weight is 475 g/mol. The summed E-state index contributed by atoms with van der Waals surface area (Å²) >= 11 is 20.1. The van der Waals surface area contributed by atoms with Crippen molar-refractivity contribution in [2.24, 2.45) is 0 Å². The van der Waals surface area contributed by atoms with Gasteiger partial charge in [-0.25, -0.2) is 4.98 Å². The minimum atomic E-state index is -1.50. The van der Waals surface area contributed by atoms with E-state index in [0.717, 1.165) is 35.0 Å². The van der Waals surface area contributed by atoms with Gasteiger partial charge in [0, 0.05) is 44.2 Å². The lowest BCUT2D eigenvalue weighted by molar-refractivity contribution is -0.742. The molecule has 6 nitrogen and oxygen atoms in total. The van der Waals surface area contributed by atoms with Crippen LogP contribution < -0.4 is 0 Å². The molecule has 3 rings (SSSR count). The van der Waals surface area contributed by atoms with Gasteiger partial charge in [0.15, 0.2) is 0 Å². The third kappa shape index (κ3) is 8.95. The molecule has 1 atom stereocenters. The number of halogens is 3. The van der Waals surface area contributed by atoms with Crippen LogP contribution in [-0.2, 0) is 13.0 Å². The fourth-order valence-electron chi connectivity index (χ4n) is 2.56. The zero-order valence-corrected chi connectivity index (χ0v) is 18.2. The highest BCUT2D eigenvalue weighted by atomic mass is 35.5. The fourth-order valence-corrected chi connectivity index (χ4v) is 4.35. The summed E-state index contributed by atoms with van der Waals surface area (Å²) in [7, 11) is 0. The second-order valence-electron chi connectivity index (χ2n) is 5.97. The van der Waals surface area contributed by atoms with Crippen molar-refractivity contribution in [1.82, 2.24) is 9.55 Å². The van der Waals surface area contributed by atoms with E-state index in [0.29, 0.717) is 10.3 Å². The fraction of sp³-hybridized carbons (Fsp3) is 0.211. The van der Waals surface area contributed by atoms with Gasteiger partial charge in [-0.05, 0) is 54.8 Å². The summed E-state index contributed by atoms with van der Waals surface area (Å²) in [6.45, 7) is 0.887. The summed E-state index contributed by atoms with van der Waals surface area (Å²) in [4.78, 5) is 13.7. The molecule has 0 spiro atoms. The number of thioether (sulfide) groups is 1. The number of aromatic nitrogens is 2. The van der Waals surface area contributed by atoms with Crippen LogP contribution >= 0.6 is 46.6 Å². The first kappa shape index (κ1) is 23.3. The van der Waals surface area contributed by atoms with E-state index >= 15 is 0 Å². The molecule has 1 N–H and O–H groups in total. The average Bonchev–Trinajstić information content (AvgIpc) is 3.15. The van der Waals surface area contributed by atoms with Crippen LogP contribution in [0.15, 0.2) is 66.1 Å². The topological polar surface area (TPSA) is 81.2 Å². The van der Waals surface area contributed by atoms with Crippen LogP contribution in [0.4, 0.5) is 0 Å². The van der Waals surface area contributed by atoms with Gasteiger partial charge >= 0.3 is 0 Å². The quantitative estimate of drug-likeness (QED) is 0.247. The van der Waals surface area contributed by atoms with Crippen LogP contribution in [0.1, 0.15) is 12.0 Å². The van der Waals surface area contributed by atoms with Crippen molar-refractivity contribution < 1.29 is 10.3 Å². The molecule has 10 heteroatoms. The van der Waals surface area contributed by atoms with Crippen molar-refractivity contribution >= 4 is 46.6 Å². The number of hydrogen-bond donors (Lipinski definition) is 1. The van der Waals surface area contributed by atoms with Crippen LogP contribution in [-0.4, -0.2) is 25.1 Å². The van der Waals surface area contributed by atoms with Crippen LogP contribution in [0.2, 0.25) is 15.1 Å². The molecule has 0 aliphatic carbocycles. The van der Waals surface area contributed by atoms with E-state index in [2.05, 4.69) is 21.7 Å². The summed E-state index contributed by atoms with van der Waals surface area (Å²) in [6, 6.07) is 13.7. The number of rotatable bonds is 7. The molecule has 154 valence electrons. The van der Waals surface area contributed by atoms with Crippen LogP contribution in [0.5, 0.6) is 0 Å². The van der Waals surface area contributed by atoms with Crippen LogP contribution in [0, 0.1) is 10.1 Å². The predicted molar refractivity (Wildman–Crippen MR) is 117 cm³/mol. The second kappa shape index (κ2) is 11.9. The maximum atomic E-state index is 8.36. The number of nitrogens with zero attached hydrogens (tertiary/aromatic N) is 3. The Kier molecular flexibility index (Phi) is 9.60. The van der Waals surface area contributed by atoms with Gasteiger partial charge in [-0.15, -0.1) is 21.9 Å². The van der Waals surface area contributed by atoms with E-state index in [1.165, 1.54) is 4.90 Å². The van der Waals surface area contributed by atoms with E-state index in [9.17, 15) is 0 Å². The molecule has 1 aromatic heterocycles. The molecule has 1 unspecified atom stereocenters. The van der Waals surface area contributed by atoms with E-state index in [1.807, 2.05) is 48.6 Å². The predicted octanol–water partition coefficient (Wildman–Crippen LogP) is 6.29. The lowest BCUT2D eigenvalue weighted by Crippen LogP contribution is -2.13. The van der Waals surface area contributed by atoms with Crippen molar-refractivity contribution in [2.75, 3.05) is 0 Å². The van der Waals surface area contributed by atoms with E-state index in [1.54, 1.807) is 12.3 Å². The van der Waals surface area contributed by atoms with Gasteiger partial charge in [0.25, 0.3) is 5.09 Å². The zero-order chi connectivity index (χ0) is 21.2. The Morgan fingerprint density at radius 3 is 2.38 bits per heavy atom. The first-order valence-corrected chi connectivity index (χ1v) is 10.5. The van der Waals surface area contributed by atoms with Crippen molar-refractivity contribution in [2.45, 2.75) is 29.5 Å². The molecule has 29 heavy (non-hydrogen) atoms. The van der Waals surface area contributed by atoms with E-state index in [4.69, 9.17) is 50.1 Å². The van der Waals surface area contributed by atoms with Gasteiger partial charge in [0.1, 0.15) is 0 Å². The Bertz CT molecular complexity index is 905. The molecule has 2 aromatic carbocycles. The van der Waals surface area contributed by atoms with Crippen molar-refractivity contribution in [3.8, 4) is 0 Å². The standard InChI is InChI=1S/C19H17Cl3N2S.HNO3/c20-15-4-7-17(8-5-15)25-18(12-24-10-9-23-13-24)6-2-14-1-3-16(21)11-19(14)22;2-1(3)4/h1,3-5,7-11,13,18H,2,6,12H2;(H,2,3,4). The van der Waals surface area contributed by atoms with Gasteiger partial charge in [-0.2, -0.15) is 0 Å². The van der Waals surface area contributed by atoms with E-state index in [-0.39, 0.29) is 0 Å². The highest BCUT2D eigenvalue weighted by Crippen LogP contribution is 2.30. The lowest BCUT2D eigenvalue weighted by atomic mass is 10.1. The highest BCUT2D eigenvalue weighted by Gasteiger charge is 2.13. The monoisotopic (exact) mass is 473 g/mol. The molecule has 0 saturated carbocycles. The Morgan fingerprint density at radius 1 is 1.14 bits per heavy atom. The van der Waals surface area contributed by atoms with Crippen molar-refractivity contribution in [3.63, 3.8) is 0 Å². The SMILES string of the molecule is Clc1ccc(SC(CCc2ccc(Cl)cc2Cl)Cn2ccnc2)cc1.O=[N+]([O-])O. The summed E-state index contributed by atoms with van der Waals surface area (Å²) in [5, 5.41) is 16.2. The molecule has 0 saturated heterocycles. The van der Waals surface area contributed by atoms with Crippen LogP contribution in [0.3, 0.4) is 0 Å². The number of aryl methyl sites for hydroxylation is 1. The third-order valence-electron chi connectivity index (χ3n) is 3.84. The number of imidazole rings is 1. The molecule has 0 aliphatic heterocycles. The summed E-state index contributed by atoms with van der Waals surface area (Å²) in [5.41, 5.74) is 1.12.